The van der Waals surface area contributed by atoms with Gasteiger partial charge in [0.25, 0.3) is 5.91 Å². The van der Waals surface area contributed by atoms with E-state index in [1.165, 1.54) is 0 Å². The lowest BCUT2D eigenvalue weighted by molar-refractivity contribution is -0.119. The summed E-state index contributed by atoms with van der Waals surface area (Å²) in [6.07, 6.45) is 0. The molecule has 0 spiro atoms. The molecule has 1 atom stereocenters. The van der Waals surface area contributed by atoms with Crippen molar-refractivity contribution in [2.45, 2.75) is 39.4 Å². The SMILES string of the molecule is COc1cc(C(=O)N2CCN(C(C)C)CC2)ccc1Nc1ccc2c(n1)N(Cc1ccccc1)[C@H](C)C(=O)N2C. The first-order valence-electron chi connectivity index (χ1n) is 13.8. The number of carbonyl (C=O) groups is 2. The molecular weight excluding hydrogens is 504 g/mol. The van der Waals surface area contributed by atoms with Gasteiger partial charge in [0.05, 0.1) is 18.5 Å². The van der Waals surface area contributed by atoms with Gasteiger partial charge in [0.15, 0.2) is 5.82 Å². The Hall–Kier alpha value is -4.11. The zero-order valence-electron chi connectivity index (χ0n) is 23.9. The lowest BCUT2D eigenvalue weighted by Gasteiger charge is -2.39. The molecule has 1 aromatic heterocycles. The maximum absolute atomic E-state index is 13.2. The Kier molecular flexibility index (Phi) is 7.93. The third kappa shape index (κ3) is 5.47. The third-order valence-electron chi connectivity index (χ3n) is 7.88. The zero-order chi connectivity index (χ0) is 28.4. The van der Waals surface area contributed by atoms with E-state index in [0.717, 1.165) is 30.2 Å². The van der Waals surface area contributed by atoms with Crippen LogP contribution in [0.4, 0.5) is 23.0 Å². The second kappa shape index (κ2) is 11.6. The molecule has 0 bridgehead atoms. The fourth-order valence-electron chi connectivity index (χ4n) is 5.38. The lowest BCUT2D eigenvalue weighted by Crippen LogP contribution is -2.50. The van der Waals surface area contributed by atoms with Gasteiger partial charge in [-0.25, -0.2) is 4.98 Å². The smallest absolute Gasteiger partial charge is 0.254 e. The number of carbonyl (C=O) groups excluding carboxylic acids is 2. The Morgan fingerprint density at radius 2 is 1.77 bits per heavy atom. The van der Waals surface area contributed by atoms with Crippen LogP contribution in [0.5, 0.6) is 5.75 Å². The molecule has 9 heteroatoms. The number of hydrogen-bond acceptors (Lipinski definition) is 7. The minimum atomic E-state index is -0.359. The predicted molar refractivity (Wildman–Crippen MR) is 159 cm³/mol. The van der Waals surface area contributed by atoms with Gasteiger partial charge in [0.1, 0.15) is 17.6 Å². The van der Waals surface area contributed by atoms with Crippen molar-refractivity contribution in [3.8, 4) is 5.75 Å². The van der Waals surface area contributed by atoms with Gasteiger partial charge in [0.2, 0.25) is 5.91 Å². The second-order valence-electron chi connectivity index (χ2n) is 10.7. The van der Waals surface area contributed by atoms with Crippen LogP contribution in [0.3, 0.4) is 0 Å². The van der Waals surface area contributed by atoms with Crippen molar-refractivity contribution in [2.75, 3.05) is 55.5 Å². The molecular formula is C31H38N6O3. The van der Waals surface area contributed by atoms with Gasteiger partial charge in [-0.1, -0.05) is 30.3 Å². The average molecular weight is 543 g/mol. The molecule has 2 aliphatic rings. The van der Waals surface area contributed by atoms with Crippen LogP contribution in [0, 0.1) is 0 Å². The molecule has 9 nitrogen and oxygen atoms in total. The Morgan fingerprint density at radius 1 is 1.05 bits per heavy atom. The van der Waals surface area contributed by atoms with Crippen molar-refractivity contribution in [1.29, 1.82) is 0 Å². The van der Waals surface area contributed by atoms with Crippen molar-refractivity contribution in [3.05, 3.63) is 71.8 Å². The molecule has 3 heterocycles. The molecule has 5 rings (SSSR count). The number of anilines is 4. The van der Waals surface area contributed by atoms with Gasteiger partial charge >= 0.3 is 0 Å². The molecule has 2 aromatic carbocycles. The number of methoxy groups -OCH3 is 1. The normalized spacial score (nSPS) is 17.7. The number of piperazine rings is 1. The molecule has 210 valence electrons. The molecule has 1 fully saturated rings. The zero-order valence-corrected chi connectivity index (χ0v) is 23.9. The Labute approximate surface area is 236 Å². The van der Waals surface area contributed by atoms with Crippen molar-refractivity contribution >= 4 is 34.8 Å². The fourth-order valence-corrected chi connectivity index (χ4v) is 5.38. The predicted octanol–water partition coefficient (Wildman–Crippen LogP) is 4.37. The summed E-state index contributed by atoms with van der Waals surface area (Å²) < 4.78 is 5.67. The number of aromatic nitrogens is 1. The molecule has 0 aliphatic carbocycles. The van der Waals surface area contributed by atoms with E-state index in [4.69, 9.17) is 9.72 Å². The number of benzene rings is 2. The third-order valence-corrected chi connectivity index (χ3v) is 7.88. The number of nitrogens with one attached hydrogen (secondary N) is 1. The Morgan fingerprint density at radius 3 is 2.45 bits per heavy atom. The number of hydrogen-bond donors (Lipinski definition) is 1. The summed E-state index contributed by atoms with van der Waals surface area (Å²) in [6.45, 7) is 10.0. The minimum absolute atomic E-state index is 0.0124. The quantitative estimate of drug-likeness (QED) is 0.475. The summed E-state index contributed by atoms with van der Waals surface area (Å²) in [5.41, 5.74) is 3.17. The highest BCUT2D eigenvalue weighted by atomic mass is 16.5. The van der Waals surface area contributed by atoms with Crippen LogP contribution < -0.4 is 19.9 Å². The molecule has 1 saturated heterocycles. The van der Waals surface area contributed by atoms with E-state index in [-0.39, 0.29) is 17.9 Å². The summed E-state index contributed by atoms with van der Waals surface area (Å²) in [4.78, 5) is 39.2. The summed E-state index contributed by atoms with van der Waals surface area (Å²) >= 11 is 0. The number of pyridine rings is 1. The molecule has 0 radical (unpaired) electrons. The van der Waals surface area contributed by atoms with E-state index in [2.05, 4.69) is 36.2 Å². The van der Waals surface area contributed by atoms with Gasteiger partial charge in [-0.3, -0.25) is 14.5 Å². The summed E-state index contributed by atoms with van der Waals surface area (Å²) in [6, 6.07) is 19.4. The second-order valence-corrected chi connectivity index (χ2v) is 10.7. The maximum Gasteiger partial charge on any atom is 0.254 e. The van der Waals surface area contributed by atoms with E-state index >= 15 is 0 Å². The molecule has 0 saturated carbocycles. The van der Waals surface area contributed by atoms with Crippen LogP contribution in [0.1, 0.15) is 36.7 Å². The topological polar surface area (TPSA) is 81.2 Å². The Bertz CT molecular complexity index is 1370. The number of amides is 2. The summed E-state index contributed by atoms with van der Waals surface area (Å²) in [5.74, 6) is 1.95. The van der Waals surface area contributed by atoms with Gasteiger partial charge in [0, 0.05) is 51.4 Å². The number of ether oxygens (including phenoxy) is 1. The molecule has 3 aromatic rings. The number of rotatable bonds is 7. The van der Waals surface area contributed by atoms with E-state index in [1.807, 2.05) is 59.2 Å². The average Bonchev–Trinajstić information content (AvgIpc) is 2.98. The highest BCUT2D eigenvalue weighted by molar-refractivity contribution is 6.04. The van der Waals surface area contributed by atoms with E-state index in [9.17, 15) is 9.59 Å². The molecule has 2 aliphatic heterocycles. The van der Waals surface area contributed by atoms with Crippen LogP contribution in [0.2, 0.25) is 0 Å². The Balaban J connectivity index is 1.37. The first-order chi connectivity index (χ1) is 19.3. The molecule has 40 heavy (non-hydrogen) atoms. The van der Waals surface area contributed by atoms with Crippen LogP contribution in [-0.2, 0) is 11.3 Å². The largest absolute Gasteiger partial charge is 0.495 e. The monoisotopic (exact) mass is 542 g/mol. The van der Waals surface area contributed by atoms with Crippen LogP contribution in [-0.4, -0.2) is 79.0 Å². The van der Waals surface area contributed by atoms with Gasteiger partial charge in [-0.2, -0.15) is 0 Å². The van der Waals surface area contributed by atoms with E-state index in [0.29, 0.717) is 48.5 Å². The highest BCUT2D eigenvalue weighted by Gasteiger charge is 2.35. The van der Waals surface area contributed by atoms with Crippen LogP contribution in [0.25, 0.3) is 0 Å². The maximum atomic E-state index is 13.2. The van der Waals surface area contributed by atoms with Gasteiger partial charge in [-0.05, 0) is 56.7 Å². The highest BCUT2D eigenvalue weighted by Crippen LogP contribution is 2.37. The number of nitrogens with zero attached hydrogens (tertiary/aromatic N) is 5. The molecule has 2 amide bonds. The summed E-state index contributed by atoms with van der Waals surface area (Å²) in [7, 11) is 3.38. The lowest BCUT2D eigenvalue weighted by atomic mass is 10.1. The number of fused-ring (bicyclic) bond motifs is 1. The first kappa shape index (κ1) is 27.5. The van der Waals surface area contributed by atoms with Gasteiger partial charge in [-0.15, -0.1) is 0 Å². The number of likely N-dealkylation sites (N-methyl/N-ethyl adjacent to an activating group) is 1. The van der Waals surface area contributed by atoms with Crippen molar-refractivity contribution in [3.63, 3.8) is 0 Å². The van der Waals surface area contributed by atoms with Crippen molar-refractivity contribution in [1.82, 2.24) is 14.8 Å². The van der Waals surface area contributed by atoms with E-state index < -0.39 is 0 Å². The van der Waals surface area contributed by atoms with Crippen molar-refractivity contribution < 1.29 is 14.3 Å². The van der Waals surface area contributed by atoms with Gasteiger partial charge < -0.3 is 24.8 Å². The minimum Gasteiger partial charge on any atom is -0.495 e. The van der Waals surface area contributed by atoms with E-state index in [1.54, 1.807) is 25.1 Å². The molecule has 1 N–H and O–H groups in total. The fraction of sp³-hybridized carbons (Fsp3) is 0.387. The first-order valence-corrected chi connectivity index (χ1v) is 13.8. The standard InChI is InChI=1S/C31H38N6O3/c1-21(2)35-15-17-36(18-16-35)31(39)24-11-12-25(27(19-24)40-5)32-28-14-13-26-29(33-28)37(22(3)30(38)34(26)4)20-23-9-7-6-8-10-23/h6-14,19,21-22H,15-18,20H2,1-5H3,(H,32,33)/t22-/m1/s1. The van der Waals surface area contributed by atoms with Crippen LogP contribution >= 0.6 is 0 Å². The van der Waals surface area contributed by atoms with Crippen LogP contribution in [0.15, 0.2) is 60.7 Å². The molecule has 0 unspecified atom stereocenters. The summed E-state index contributed by atoms with van der Waals surface area (Å²) in [5, 5.41) is 3.37. The van der Waals surface area contributed by atoms with Crippen molar-refractivity contribution in [2.24, 2.45) is 0 Å².